The Morgan fingerprint density at radius 3 is 1.75 bits per heavy atom. The van der Waals surface area contributed by atoms with E-state index in [2.05, 4.69) is 0 Å². The maximum absolute atomic E-state index is 13.4. The fourth-order valence-electron chi connectivity index (χ4n) is 5.16. The smallest absolute Gasteiger partial charge is 0.317 e. The maximum atomic E-state index is 13.4. The average molecular weight is 765 g/mol. The standard InChI is InChI=1S/C35H56O18/c1-9-18(6)31(43)46-15-22-27(50-32(44)19(7)10-2)28(49-25(40)12-17(4)5)29(51-33(45)20(8)11-3)34(48-22)53-35(16-47-24(39)13-23(37)38)30(42)26(41)21(14-36)52-35/h17-22,26-30,34,36,41-42H,9-16H2,1-8H3,(H,37,38)/t18?,19?,20?,21-,22-,26-,27-,28+,29-,30+,34-,35+/m1/s1. The number of aliphatic hydroxyl groups is 3. The van der Waals surface area contributed by atoms with Gasteiger partial charge in [-0.25, -0.2) is 0 Å². The molecule has 4 N–H and O–H groups in total. The number of aliphatic hydroxyl groups excluding tert-OH is 3. The summed E-state index contributed by atoms with van der Waals surface area (Å²) >= 11 is 0. The number of carbonyl (C=O) groups excluding carboxylic acids is 5. The van der Waals surface area contributed by atoms with E-state index in [9.17, 15) is 44.1 Å². The molecule has 0 aromatic heterocycles. The number of ether oxygens (including phenoxy) is 8. The Morgan fingerprint density at radius 2 is 1.26 bits per heavy atom. The fourth-order valence-corrected chi connectivity index (χ4v) is 5.16. The molecule has 2 aliphatic heterocycles. The molecule has 0 radical (unpaired) electrons. The van der Waals surface area contributed by atoms with Gasteiger partial charge in [-0.3, -0.25) is 28.8 Å². The number of carbonyl (C=O) groups is 6. The van der Waals surface area contributed by atoms with Gasteiger partial charge in [-0.2, -0.15) is 0 Å². The van der Waals surface area contributed by atoms with E-state index in [1.807, 2.05) is 0 Å². The number of rotatable bonds is 20. The minimum Gasteiger partial charge on any atom is -0.481 e. The molecule has 12 atom stereocenters. The topological polar surface area (TPSA) is 257 Å². The molecule has 304 valence electrons. The van der Waals surface area contributed by atoms with Crippen molar-refractivity contribution in [1.82, 2.24) is 0 Å². The quantitative estimate of drug-likeness (QED) is 0.0766. The third-order valence-electron chi connectivity index (χ3n) is 9.10. The first kappa shape index (κ1) is 45.7. The highest BCUT2D eigenvalue weighted by molar-refractivity contribution is 5.90. The highest BCUT2D eigenvalue weighted by atomic mass is 16.8. The second-order valence-corrected chi connectivity index (χ2v) is 13.9. The lowest BCUT2D eigenvalue weighted by Gasteiger charge is -2.47. The van der Waals surface area contributed by atoms with E-state index in [0.29, 0.717) is 19.3 Å². The summed E-state index contributed by atoms with van der Waals surface area (Å²) in [7, 11) is 0. The van der Waals surface area contributed by atoms with Gasteiger partial charge in [-0.15, -0.1) is 0 Å². The van der Waals surface area contributed by atoms with Gasteiger partial charge >= 0.3 is 35.8 Å². The van der Waals surface area contributed by atoms with Gasteiger partial charge in [0.05, 0.1) is 24.4 Å². The van der Waals surface area contributed by atoms with Crippen LogP contribution in [0.25, 0.3) is 0 Å². The summed E-state index contributed by atoms with van der Waals surface area (Å²) in [6.07, 6.45) is -14.3. The number of carboxylic acids is 1. The molecule has 2 fully saturated rings. The Morgan fingerprint density at radius 1 is 0.717 bits per heavy atom. The molecule has 2 aliphatic rings. The number of hydrogen-bond donors (Lipinski definition) is 4. The van der Waals surface area contributed by atoms with Crippen LogP contribution < -0.4 is 0 Å². The summed E-state index contributed by atoms with van der Waals surface area (Å²) in [6.45, 7) is 10.9. The molecule has 0 spiro atoms. The van der Waals surface area contributed by atoms with Crippen molar-refractivity contribution < 1.29 is 87.1 Å². The van der Waals surface area contributed by atoms with Gasteiger partial charge in [-0.05, 0) is 25.2 Å². The zero-order chi connectivity index (χ0) is 40.2. The minimum atomic E-state index is -2.63. The van der Waals surface area contributed by atoms with Crippen LogP contribution in [-0.4, -0.2) is 131 Å². The van der Waals surface area contributed by atoms with Crippen molar-refractivity contribution >= 4 is 35.8 Å². The average Bonchev–Trinajstić information content (AvgIpc) is 3.34. The molecule has 2 saturated heterocycles. The molecule has 0 aromatic rings. The highest BCUT2D eigenvalue weighted by Crippen LogP contribution is 2.39. The van der Waals surface area contributed by atoms with Crippen LogP contribution in [0.15, 0.2) is 0 Å². The van der Waals surface area contributed by atoms with E-state index in [-0.39, 0.29) is 12.3 Å². The molecular weight excluding hydrogens is 708 g/mol. The molecule has 0 bridgehead atoms. The molecular formula is C35H56O18. The third-order valence-corrected chi connectivity index (χ3v) is 9.10. The summed E-state index contributed by atoms with van der Waals surface area (Å²) in [4.78, 5) is 76.3. The molecule has 2 rings (SSSR count). The van der Waals surface area contributed by atoms with Crippen molar-refractivity contribution in [1.29, 1.82) is 0 Å². The minimum absolute atomic E-state index is 0.135. The zero-order valence-electron chi connectivity index (χ0n) is 31.6. The van der Waals surface area contributed by atoms with Crippen molar-refractivity contribution in [3.8, 4) is 0 Å². The normalized spacial score (nSPS) is 30.1. The van der Waals surface area contributed by atoms with E-state index in [1.165, 1.54) is 0 Å². The van der Waals surface area contributed by atoms with Crippen molar-refractivity contribution in [2.24, 2.45) is 23.7 Å². The van der Waals surface area contributed by atoms with E-state index >= 15 is 0 Å². The van der Waals surface area contributed by atoms with Gasteiger partial charge in [0.15, 0.2) is 18.3 Å². The predicted octanol–water partition coefficient (Wildman–Crippen LogP) is 1.02. The Bertz CT molecular complexity index is 1260. The Balaban J connectivity index is 2.80. The van der Waals surface area contributed by atoms with Crippen molar-refractivity contribution in [2.45, 2.75) is 142 Å². The van der Waals surface area contributed by atoms with E-state index in [0.717, 1.165) is 0 Å². The molecule has 0 aromatic carbocycles. The van der Waals surface area contributed by atoms with Crippen LogP contribution in [0.5, 0.6) is 0 Å². The highest BCUT2D eigenvalue weighted by Gasteiger charge is 2.61. The number of esters is 5. The Labute approximate surface area is 308 Å². The van der Waals surface area contributed by atoms with Gasteiger partial charge in [0.1, 0.15) is 44.1 Å². The van der Waals surface area contributed by atoms with Gasteiger partial charge in [0.2, 0.25) is 12.1 Å². The van der Waals surface area contributed by atoms with Crippen LogP contribution in [0.4, 0.5) is 0 Å². The largest absolute Gasteiger partial charge is 0.481 e. The van der Waals surface area contributed by atoms with Crippen LogP contribution in [0, 0.1) is 23.7 Å². The first-order chi connectivity index (χ1) is 24.8. The first-order valence-electron chi connectivity index (χ1n) is 18.0. The lowest BCUT2D eigenvalue weighted by Crippen LogP contribution is -2.66. The predicted molar refractivity (Wildman–Crippen MR) is 178 cm³/mol. The second kappa shape index (κ2) is 20.9. The lowest BCUT2D eigenvalue weighted by atomic mass is 9.96. The molecule has 53 heavy (non-hydrogen) atoms. The molecule has 0 aliphatic carbocycles. The molecule has 2 heterocycles. The monoisotopic (exact) mass is 764 g/mol. The molecule has 0 saturated carbocycles. The molecule has 18 nitrogen and oxygen atoms in total. The van der Waals surface area contributed by atoms with Crippen LogP contribution >= 0.6 is 0 Å². The van der Waals surface area contributed by atoms with Crippen molar-refractivity contribution in [2.75, 3.05) is 19.8 Å². The van der Waals surface area contributed by atoms with Crippen molar-refractivity contribution in [3.05, 3.63) is 0 Å². The molecule has 3 unspecified atom stereocenters. The van der Waals surface area contributed by atoms with Crippen LogP contribution in [0.2, 0.25) is 0 Å². The molecule has 0 amide bonds. The van der Waals surface area contributed by atoms with Crippen LogP contribution in [0.1, 0.15) is 87.5 Å². The third kappa shape index (κ3) is 12.6. The van der Waals surface area contributed by atoms with E-state index in [4.69, 9.17) is 43.0 Å². The number of aliphatic carboxylic acids is 1. The molecule has 18 heteroatoms. The SMILES string of the molecule is CCC(C)C(=O)OC[C@H]1O[C@H](O[C@]2(COC(=O)CC(=O)O)O[C@H](CO)[C@@H](O)[C@@H]2O)[C@H](OC(=O)C(C)CC)[C@@H](OC(=O)CC(C)C)[C@@H]1OC(=O)C(C)CC. The number of carboxylic acid groups (broad SMARTS) is 1. The second-order valence-electron chi connectivity index (χ2n) is 13.9. The van der Waals surface area contributed by atoms with Crippen LogP contribution in [0.3, 0.4) is 0 Å². The van der Waals surface area contributed by atoms with Gasteiger partial charge in [0, 0.05) is 6.42 Å². The Hall–Kier alpha value is -3.42. The van der Waals surface area contributed by atoms with Gasteiger partial charge in [0.25, 0.3) is 0 Å². The summed E-state index contributed by atoms with van der Waals surface area (Å²) in [5.41, 5.74) is 0. The fraction of sp³-hybridized carbons (Fsp3) is 0.829. The number of hydrogen-bond acceptors (Lipinski definition) is 17. The van der Waals surface area contributed by atoms with Crippen LogP contribution in [-0.2, 0) is 66.7 Å². The zero-order valence-corrected chi connectivity index (χ0v) is 31.6. The summed E-state index contributed by atoms with van der Waals surface area (Å²) in [5.74, 6) is -10.7. The van der Waals surface area contributed by atoms with Crippen molar-refractivity contribution in [3.63, 3.8) is 0 Å². The lowest BCUT2D eigenvalue weighted by molar-refractivity contribution is -0.384. The van der Waals surface area contributed by atoms with Gasteiger partial charge in [-0.1, -0.05) is 55.4 Å². The first-order valence-corrected chi connectivity index (χ1v) is 18.0. The summed E-state index contributed by atoms with van der Waals surface area (Å²) < 4.78 is 46.2. The maximum Gasteiger partial charge on any atom is 0.317 e. The van der Waals surface area contributed by atoms with E-state index in [1.54, 1.807) is 55.4 Å². The van der Waals surface area contributed by atoms with Gasteiger partial charge < -0.3 is 58.3 Å². The Kier molecular flexibility index (Phi) is 18.0. The van der Waals surface area contributed by atoms with E-state index < -0.39 is 135 Å². The summed E-state index contributed by atoms with van der Waals surface area (Å²) in [6, 6.07) is 0. The summed E-state index contributed by atoms with van der Waals surface area (Å²) in [5, 5.41) is 40.9.